The largest absolute Gasteiger partial charge is 0.364 e. The minimum Gasteiger partial charge on any atom is -0.364 e. The molecule has 15 heavy (non-hydrogen) atoms. The van der Waals surface area contributed by atoms with Crippen LogP contribution in [-0.2, 0) is 6.54 Å². The molecule has 2 rings (SSSR count). The molecule has 1 atom stereocenters. The van der Waals surface area contributed by atoms with Crippen LogP contribution >= 0.6 is 0 Å². The van der Waals surface area contributed by atoms with E-state index in [2.05, 4.69) is 9.68 Å². The summed E-state index contributed by atoms with van der Waals surface area (Å²) in [5, 5.41) is 3.72. The number of alkyl halides is 2. The van der Waals surface area contributed by atoms with E-state index in [1.165, 1.54) is 6.26 Å². The van der Waals surface area contributed by atoms with Gasteiger partial charge in [0.25, 0.3) is 5.92 Å². The lowest BCUT2D eigenvalue weighted by molar-refractivity contribution is -0.106. The summed E-state index contributed by atoms with van der Waals surface area (Å²) in [4.78, 5) is 1.72. The number of hydrogen-bond acceptors (Lipinski definition) is 3. The number of piperidine rings is 1. The van der Waals surface area contributed by atoms with Gasteiger partial charge in [-0.05, 0) is 13.0 Å². The van der Waals surface area contributed by atoms with Gasteiger partial charge in [0, 0.05) is 18.5 Å². The summed E-state index contributed by atoms with van der Waals surface area (Å²) < 4.78 is 31.4. The van der Waals surface area contributed by atoms with E-state index in [0.717, 1.165) is 0 Å². The Hall–Kier alpha value is -0.970. The van der Waals surface area contributed by atoms with E-state index in [-0.39, 0.29) is 6.54 Å². The van der Waals surface area contributed by atoms with Crippen molar-refractivity contribution in [2.45, 2.75) is 25.8 Å². The molecule has 1 aromatic heterocycles. The Morgan fingerprint density at radius 3 is 3.07 bits per heavy atom. The molecule has 0 saturated carbocycles. The molecule has 1 aliphatic heterocycles. The number of nitrogens with zero attached hydrogens (tertiary/aromatic N) is 2. The van der Waals surface area contributed by atoms with Crippen molar-refractivity contribution in [3.63, 3.8) is 0 Å². The number of halogens is 2. The van der Waals surface area contributed by atoms with Crippen molar-refractivity contribution in [1.82, 2.24) is 10.1 Å². The Balaban J connectivity index is 1.95. The Morgan fingerprint density at radius 1 is 1.67 bits per heavy atom. The van der Waals surface area contributed by atoms with E-state index in [1.807, 2.05) is 0 Å². The predicted octanol–water partition coefficient (Wildman–Crippen LogP) is 2.15. The molecule has 1 aromatic rings. The summed E-state index contributed by atoms with van der Waals surface area (Å²) >= 11 is 0. The second-order valence-electron chi connectivity index (χ2n) is 4.15. The lowest BCUT2D eigenvalue weighted by atomic mass is 9.95. The third-order valence-corrected chi connectivity index (χ3v) is 2.91. The maximum atomic E-state index is 13.4. The van der Waals surface area contributed by atoms with Crippen molar-refractivity contribution in [1.29, 1.82) is 0 Å². The van der Waals surface area contributed by atoms with Crippen LogP contribution in [0.3, 0.4) is 0 Å². The fourth-order valence-corrected chi connectivity index (χ4v) is 1.80. The van der Waals surface area contributed by atoms with Crippen LogP contribution in [0.15, 0.2) is 16.9 Å². The van der Waals surface area contributed by atoms with E-state index in [4.69, 9.17) is 0 Å². The summed E-state index contributed by atoms with van der Waals surface area (Å²) in [5.41, 5.74) is 0.709. The minimum atomic E-state index is -2.58. The average Bonchev–Trinajstić information content (AvgIpc) is 2.63. The van der Waals surface area contributed by atoms with Gasteiger partial charge in [-0.2, -0.15) is 0 Å². The van der Waals surface area contributed by atoms with Crippen molar-refractivity contribution < 1.29 is 13.3 Å². The number of likely N-dealkylation sites (tertiary alicyclic amines) is 1. The molecule has 84 valence electrons. The van der Waals surface area contributed by atoms with Gasteiger partial charge in [0.05, 0.1) is 12.2 Å². The number of hydrogen-bond donors (Lipinski definition) is 0. The van der Waals surface area contributed by atoms with Crippen LogP contribution in [0.5, 0.6) is 0 Å². The summed E-state index contributed by atoms with van der Waals surface area (Å²) in [5.74, 6) is -3.10. The number of aromatic nitrogens is 1. The smallest absolute Gasteiger partial charge is 0.263 e. The summed E-state index contributed by atoms with van der Waals surface area (Å²) in [6, 6.07) is 1.70. The van der Waals surface area contributed by atoms with Crippen LogP contribution in [0, 0.1) is 5.92 Å². The molecule has 0 N–H and O–H groups in total. The van der Waals surface area contributed by atoms with Crippen molar-refractivity contribution in [3.05, 3.63) is 18.0 Å². The first-order valence-electron chi connectivity index (χ1n) is 5.07. The molecule has 1 fully saturated rings. The van der Waals surface area contributed by atoms with Crippen LogP contribution in [0.2, 0.25) is 0 Å². The molecule has 3 nitrogen and oxygen atoms in total. The number of rotatable bonds is 2. The van der Waals surface area contributed by atoms with Gasteiger partial charge in [-0.25, -0.2) is 8.78 Å². The zero-order chi connectivity index (χ0) is 10.9. The van der Waals surface area contributed by atoms with E-state index in [1.54, 1.807) is 17.9 Å². The van der Waals surface area contributed by atoms with Crippen LogP contribution in [0.25, 0.3) is 0 Å². The zero-order valence-corrected chi connectivity index (χ0v) is 8.62. The molecule has 5 heteroatoms. The van der Waals surface area contributed by atoms with Gasteiger partial charge in [-0.3, -0.25) is 4.90 Å². The van der Waals surface area contributed by atoms with Gasteiger partial charge < -0.3 is 4.52 Å². The van der Waals surface area contributed by atoms with Crippen molar-refractivity contribution in [2.75, 3.05) is 13.1 Å². The standard InChI is InChI=1S/C10H14F2N2O/c1-8-2-4-14(7-10(8,11)12)6-9-3-5-15-13-9/h3,5,8H,2,4,6-7H2,1H3/t8-/m0/s1. The Kier molecular flexibility index (Phi) is 2.73. The van der Waals surface area contributed by atoms with Crippen molar-refractivity contribution in [2.24, 2.45) is 5.92 Å². The van der Waals surface area contributed by atoms with E-state index < -0.39 is 11.8 Å². The van der Waals surface area contributed by atoms with E-state index >= 15 is 0 Å². The lowest BCUT2D eigenvalue weighted by Gasteiger charge is -2.36. The second kappa shape index (κ2) is 3.89. The molecular weight excluding hydrogens is 202 g/mol. The molecule has 0 aromatic carbocycles. The first-order valence-corrected chi connectivity index (χ1v) is 5.07. The highest BCUT2D eigenvalue weighted by Crippen LogP contribution is 2.32. The first-order chi connectivity index (χ1) is 7.08. The molecule has 2 heterocycles. The van der Waals surface area contributed by atoms with Crippen molar-refractivity contribution in [3.8, 4) is 0 Å². The monoisotopic (exact) mass is 216 g/mol. The predicted molar refractivity (Wildman–Crippen MR) is 50.5 cm³/mol. The normalized spacial score (nSPS) is 26.7. The quantitative estimate of drug-likeness (QED) is 0.758. The fourth-order valence-electron chi connectivity index (χ4n) is 1.80. The van der Waals surface area contributed by atoms with Gasteiger partial charge >= 0.3 is 0 Å². The third kappa shape index (κ3) is 2.34. The Labute approximate surface area is 87.0 Å². The van der Waals surface area contributed by atoms with Crippen LogP contribution in [0.1, 0.15) is 19.0 Å². The zero-order valence-electron chi connectivity index (χ0n) is 8.62. The molecular formula is C10H14F2N2O. The molecule has 1 aliphatic rings. The average molecular weight is 216 g/mol. The summed E-state index contributed by atoms with van der Waals surface area (Å²) in [7, 11) is 0. The molecule has 0 bridgehead atoms. The third-order valence-electron chi connectivity index (χ3n) is 2.91. The highest BCUT2D eigenvalue weighted by atomic mass is 19.3. The second-order valence-corrected chi connectivity index (χ2v) is 4.15. The minimum absolute atomic E-state index is 0.180. The Bertz CT molecular complexity index is 313. The highest BCUT2D eigenvalue weighted by molar-refractivity contribution is 4.96. The van der Waals surface area contributed by atoms with Gasteiger partial charge in [-0.15, -0.1) is 0 Å². The van der Waals surface area contributed by atoms with Crippen LogP contribution < -0.4 is 0 Å². The molecule has 1 saturated heterocycles. The highest BCUT2D eigenvalue weighted by Gasteiger charge is 2.41. The molecule has 0 amide bonds. The van der Waals surface area contributed by atoms with Gasteiger partial charge in [0.1, 0.15) is 6.26 Å². The molecule has 0 aliphatic carbocycles. The maximum absolute atomic E-state index is 13.4. The van der Waals surface area contributed by atoms with Crippen LogP contribution in [-0.4, -0.2) is 29.1 Å². The molecule has 0 unspecified atom stereocenters. The first kappa shape index (κ1) is 10.5. The molecule has 0 spiro atoms. The summed E-state index contributed by atoms with van der Waals surface area (Å²) in [6.45, 7) is 2.57. The van der Waals surface area contributed by atoms with Gasteiger partial charge in [-0.1, -0.05) is 12.1 Å². The van der Waals surface area contributed by atoms with Gasteiger partial charge in [0.2, 0.25) is 0 Å². The van der Waals surface area contributed by atoms with E-state index in [9.17, 15) is 8.78 Å². The molecule has 0 radical (unpaired) electrons. The summed E-state index contributed by atoms with van der Waals surface area (Å²) in [6.07, 6.45) is 1.99. The Morgan fingerprint density at radius 2 is 2.47 bits per heavy atom. The SMILES string of the molecule is C[C@H]1CCN(Cc2ccon2)CC1(F)F. The topological polar surface area (TPSA) is 29.3 Å². The lowest BCUT2D eigenvalue weighted by Crippen LogP contribution is -2.47. The fraction of sp³-hybridized carbons (Fsp3) is 0.700. The van der Waals surface area contributed by atoms with E-state index in [0.29, 0.717) is 25.2 Å². The van der Waals surface area contributed by atoms with Gasteiger partial charge in [0.15, 0.2) is 0 Å². The van der Waals surface area contributed by atoms with Crippen molar-refractivity contribution >= 4 is 0 Å². The maximum Gasteiger partial charge on any atom is 0.263 e. The van der Waals surface area contributed by atoms with Crippen LogP contribution in [0.4, 0.5) is 8.78 Å².